The highest BCUT2D eigenvalue weighted by molar-refractivity contribution is 6.59. The molecule has 0 spiro atoms. The van der Waals surface area contributed by atoms with Gasteiger partial charge in [0.05, 0.1) is 0 Å². The molecule has 0 radical (unpaired) electrons. The molecule has 108 valence electrons. The fourth-order valence-electron chi connectivity index (χ4n) is 1.84. The van der Waals surface area contributed by atoms with Crippen molar-refractivity contribution < 1.29 is 18.0 Å². The van der Waals surface area contributed by atoms with Gasteiger partial charge < -0.3 is 13.6 Å². The monoisotopic (exact) mass is 286 g/mol. The zero-order valence-corrected chi connectivity index (χ0v) is 13.0. The summed E-state index contributed by atoms with van der Waals surface area (Å²) >= 11 is 0. The van der Waals surface area contributed by atoms with Crippen LogP contribution in [-0.4, -0.2) is 25.8 Å². The summed E-state index contributed by atoms with van der Waals surface area (Å²) in [4.78, 5) is 10.5. The summed E-state index contributed by atoms with van der Waals surface area (Å²) in [5, 5.41) is 0. The number of rotatable bonds is 7. The molecule has 0 aliphatic heterocycles. The Morgan fingerprint density at radius 2 is 1.53 bits per heavy atom. The molecule has 5 heteroatoms. The van der Waals surface area contributed by atoms with Crippen LogP contribution in [0.2, 0.25) is 6.04 Å². The number of hydrogen-bond donors (Lipinski definition) is 1. The van der Waals surface area contributed by atoms with Gasteiger partial charge in [0.15, 0.2) is 0 Å². The smallest absolute Gasteiger partial charge is 0.390 e. The maximum absolute atomic E-state index is 12.8. The lowest BCUT2D eigenvalue weighted by Crippen LogP contribution is -2.46. The molecule has 0 aliphatic rings. The number of hydrogen-bond acceptors (Lipinski definition) is 3. The Bertz CT molecular complexity index is 369. The average molecular weight is 286 g/mol. The maximum atomic E-state index is 12.8. The van der Waals surface area contributed by atoms with E-state index in [1.54, 1.807) is 12.1 Å². The minimum atomic E-state index is -3.17. The van der Waals surface area contributed by atoms with Crippen LogP contribution >= 0.6 is 0 Å². The van der Waals surface area contributed by atoms with Gasteiger partial charge in [-0.25, -0.2) is 4.39 Å². The van der Waals surface area contributed by atoms with Crippen LogP contribution in [-0.2, 0) is 15.3 Å². The van der Waals surface area contributed by atoms with E-state index < -0.39 is 8.80 Å². The first-order valence-corrected chi connectivity index (χ1v) is 8.60. The van der Waals surface area contributed by atoms with Crippen molar-refractivity contribution in [2.75, 3.05) is 0 Å². The molecule has 1 rings (SSSR count). The Kier molecular flexibility index (Phi) is 6.13. The quantitative estimate of drug-likeness (QED) is 0.783. The molecule has 0 aliphatic carbocycles. The van der Waals surface area contributed by atoms with Crippen LogP contribution in [0, 0.1) is 5.82 Å². The van der Waals surface area contributed by atoms with Gasteiger partial charge in [-0.1, -0.05) is 12.1 Å². The van der Waals surface area contributed by atoms with E-state index in [1.807, 2.05) is 27.7 Å². The summed E-state index contributed by atoms with van der Waals surface area (Å²) < 4.78 is 24.0. The molecule has 0 aromatic heterocycles. The zero-order valence-electron chi connectivity index (χ0n) is 12.0. The maximum Gasteiger partial charge on any atom is 0.498 e. The first kappa shape index (κ1) is 16.3. The fraction of sp³-hybridized carbons (Fsp3) is 0.571. The van der Waals surface area contributed by atoms with E-state index in [1.165, 1.54) is 12.1 Å². The Hall–Kier alpha value is -0.753. The van der Waals surface area contributed by atoms with Crippen molar-refractivity contribution in [1.29, 1.82) is 0 Å². The lowest BCUT2D eigenvalue weighted by atomic mass is 10.2. The molecule has 1 aromatic carbocycles. The van der Waals surface area contributed by atoms with Crippen LogP contribution in [0.5, 0.6) is 0 Å². The summed E-state index contributed by atoms with van der Waals surface area (Å²) in [6.45, 7) is 7.50. The first-order valence-electron chi connectivity index (χ1n) is 6.63. The third kappa shape index (κ3) is 6.29. The predicted molar refractivity (Wildman–Crippen MR) is 75.3 cm³/mol. The molecule has 0 saturated heterocycles. The van der Waals surface area contributed by atoms with E-state index in [9.17, 15) is 9.19 Å². The lowest BCUT2D eigenvalue weighted by molar-refractivity contribution is 0.0478. The van der Waals surface area contributed by atoms with Crippen molar-refractivity contribution in [3.8, 4) is 0 Å². The summed E-state index contributed by atoms with van der Waals surface area (Å²) in [5.41, 5.74) is 0.965. The van der Waals surface area contributed by atoms with Gasteiger partial charge in [-0.15, -0.1) is 0 Å². The second-order valence-electron chi connectivity index (χ2n) is 5.17. The van der Waals surface area contributed by atoms with Crippen LogP contribution in [0.25, 0.3) is 0 Å². The van der Waals surface area contributed by atoms with Crippen molar-refractivity contribution in [1.82, 2.24) is 0 Å². The molecule has 0 fully saturated rings. The van der Waals surface area contributed by atoms with Gasteiger partial charge in [0, 0.05) is 18.3 Å². The van der Waals surface area contributed by atoms with Crippen molar-refractivity contribution in [3.05, 3.63) is 35.6 Å². The Morgan fingerprint density at radius 3 is 1.95 bits per heavy atom. The SMILES string of the molecule is CC(C)O[Si](O)(CCc1ccc(F)cc1)OC(C)C. The highest BCUT2D eigenvalue weighted by Gasteiger charge is 2.38. The lowest BCUT2D eigenvalue weighted by Gasteiger charge is -2.28. The van der Waals surface area contributed by atoms with Crippen LogP contribution in [0.15, 0.2) is 24.3 Å². The first-order chi connectivity index (χ1) is 8.81. The van der Waals surface area contributed by atoms with E-state index in [4.69, 9.17) is 8.85 Å². The van der Waals surface area contributed by atoms with Crippen molar-refractivity contribution in [2.45, 2.75) is 52.4 Å². The van der Waals surface area contributed by atoms with E-state index in [0.717, 1.165) is 5.56 Å². The van der Waals surface area contributed by atoms with Crippen LogP contribution in [0.4, 0.5) is 4.39 Å². The van der Waals surface area contributed by atoms with Gasteiger partial charge in [0.1, 0.15) is 5.82 Å². The van der Waals surface area contributed by atoms with Crippen LogP contribution in [0.3, 0.4) is 0 Å². The van der Waals surface area contributed by atoms with E-state index in [2.05, 4.69) is 0 Å². The van der Waals surface area contributed by atoms with Gasteiger partial charge in [-0.3, -0.25) is 0 Å². The highest BCUT2D eigenvalue weighted by Crippen LogP contribution is 2.18. The molecule has 0 atom stereocenters. The molecular formula is C14H23FO3Si. The molecule has 1 aromatic rings. The number of benzene rings is 1. The van der Waals surface area contributed by atoms with E-state index in [-0.39, 0.29) is 18.0 Å². The van der Waals surface area contributed by atoms with Crippen molar-refractivity contribution in [2.24, 2.45) is 0 Å². The van der Waals surface area contributed by atoms with Gasteiger partial charge in [0.2, 0.25) is 0 Å². The third-order valence-electron chi connectivity index (χ3n) is 2.48. The summed E-state index contributed by atoms with van der Waals surface area (Å²) in [6.07, 6.45) is 0.454. The molecule has 3 nitrogen and oxygen atoms in total. The summed E-state index contributed by atoms with van der Waals surface area (Å²) in [6, 6.07) is 6.71. The van der Waals surface area contributed by atoms with Gasteiger partial charge in [-0.2, -0.15) is 0 Å². The second kappa shape index (κ2) is 7.14. The average Bonchev–Trinajstić information content (AvgIpc) is 2.26. The van der Waals surface area contributed by atoms with Gasteiger partial charge in [0.25, 0.3) is 0 Å². The second-order valence-corrected chi connectivity index (χ2v) is 7.57. The van der Waals surface area contributed by atoms with Crippen molar-refractivity contribution >= 4 is 8.80 Å². The molecule has 0 amide bonds. The molecule has 0 bridgehead atoms. The Balaban J connectivity index is 2.64. The molecular weight excluding hydrogens is 263 g/mol. The standard InChI is InChI=1S/C14H23FO3Si/c1-11(2)17-19(16,18-12(3)4)10-9-13-5-7-14(15)8-6-13/h5-8,11-12,16H,9-10H2,1-4H3. The molecule has 0 heterocycles. The number of halogens is 1. The topological polar surface area (TPSA) is 38.7 Å². The molecule has 0 saturated carbocycles. The summed E-state index contributed by atoms with van der Waals surface area (Å²) in [5.74, 6) is -0.256. The van der Waals surface area contributed by atoms with Gasteiger partial charge in [-0.05, 0) is 51.8 Å². The largest absolute Gasteiger partial charge is 0.498 e. The minimum Gasteiger partial charge on any atom is -0.390 e. The van der Waals surface area contributed by atoms with E-state index >= 15 is 0 Å². The third-order valence-corrected chi connectivity index (χ3v) is 5.04. The zero-order chi connectivity index (χ0) is 14.5. The van der Waals surface area contributed by atoms with Crippen molar-refractivity contribution in [3.63, 3.8) is 0 Å². The molecule has 0 unspecified atom stereocenters. The number of aryl methyl sites for hydroxylation is 1. The fourth-order valence-corrected chi connectivity index (χ4v) is 4.20. The van der Waals surface area contributed by atoms with Crippen LogP contribution in [0.1, 0.15) is 33.3 Å². The normalized spacial score (nSPS) is 12.4. The minimum absolute atomic E-state index is 0.0800. The summed E-state index contributed by atoms with van der Waals surface area (Å²) in [7, 11) is -3.17. The molecule has 1 N–H and O–H groups in total. The van der Waals surface area contributed by atoms with Gasteiger partial charge >= 0.3 is 8.80 Å². The Labute approximate surface area is 115 Å². The van der Waals surface area contributed by atoms with E-state index in [0.29, 0.717) is 12.5 Å². The van der Waals surface area contributed by atoms with Crippen LogP contribution < -0.4 is 0 Å². The highest BCUT2D eigenvalue weighted by atomic mass is 28.4. The Morgan fingerprint density at radius 1 is 1.05 bits per heavy atom. The molecule has 19 heavy (non-hydrogen) atoms. The predicted octanol–water partition coefficient (Wildman–Crippen LogP) is 3.15.